The van der Waals surface area contributed by atoms with Crippen LogP contribution in [0.15, 0.2) is 23.1 Å². The fraction of sp³-hybridized carbons (Fsp3) is 0.619. The molecule has 2 amide bonds. The van der Waals surface area contributed by atoms with Crippen LogP contribution in [0.25, 0.3) is 0 Å². The summed E-state index contributed by atoms with van der Waals surface area (Å²) in [7, 11) is -3.54. The molecule has 0 aliphatic carbocycles. The number of piperidine rings is 2. The highest BCUT2D eigenvalue weighted by molar-refractivity contribution is 7.89. The molecule has 0 radical (unpaired) electrons. The molecule has 0 spiro atoms. The van der Waals surface area contributed by atoms with Crippen molar-refractivity contribution < 1.29 is 18.0 Å². The molecule has 2 saturated heterocycles. The van der Waals surface area contributed by atoms with Gasteiger partial charge in [-0.15, -0.1) is 0 Å². The number of carbonyl (C=O) groups excluding carboxylic acids is 2. The third-order valence-electron chi connectivity index (χ3n) is 6.25. The lowest BCUT2D eigenvalue weighted by Gasteiger charge is -2.34. The van der Waals surface area contributed by atoms with Gasteiger partial charge in [-0.1, -0.05) is 6.07 Å². The third-order valence-corrected chi connectivity index (χ3v) is 8.15. The molecule has 0 bridgehead atoms. The predicted molar refractivity (Wildman–Crippen MR) is 114 cm³/mol. The number of nitrogens with two attached hydrogens (primary N) is 1. The number of nitrogens with zero attached hydrogens (tertiary/aromatic N) is 2. The monoisotopic (exact) mass is 436 g/mol. The fourth-order valence-electron chi connectivity index (χ4n) is 4.16. The Kier molecular flexibility index (Phi) is 7.15. The summed E-state index contributed by atoms with van der Waals surface area (Å²) >= 11 is 0. The van der Waals surface area contributed by atoms with Gasteiger partial charge in [0.05, 0.1) is 11.4 Å². The van der Waals surface area contributed by atoms with Crippen molar-refractivity contribution >= 4 is 21.8 Å². The van der Waals surface area contributed by atoms with Gasteiger partial charge in [0.1, 0.15) is 0 Å². The Morgan fingerprint density at radius 2 is 1.67 bits per heavy atom. The largest absolute Gasteiger partial charge is 0.369 e. The second kappa shape index (κ2) is 9.45. The first-order valence-corrected chi connectivity index (χ1v) is 12.0. The van der Waals surface area contributed by atoms with E-state index < -0.39 is 10.0 Å². The third kappa shape index (κ3) is 5.39. The maximum absolute atomic E-state index is 12.9. The van der Waals surface area contributed by atoms with Gasteiger partial charge in [0.2, 0.25) is 21.8 Å². The van der Waals surface area contributed by atoms with E-state index >= 15 is 0 Å². The molecule has 0 unspecified atom stereocenters. The van der Waals surface area contributed by atoms with Gasteiger partial charge in [0, 0.05) is 38.1 Å². The Bertz CT molecular complexity index is 886. The molecular formula is C21H32N4O4S. The summed E-state index contributed by atoms with van der Waals surface area (Å²) in [5, 5.41) is 3.11. The van der Waals surface area contributed by atoms with Gasteiger partial charge < -0.3 is 11.1 Å². The minimum absolute atomic E-state index is 0.00609. The molecule has 0 atom stereocenters. The van der Waals surface area contributed by atoms with Crippen molar-refractivity contribution in [1.29, 1.82) is 0 Å². The molecule has 8 nitrogen and oxygen atoms in total. The van der Waals surface area contributed by atoms with Crippen LogP contribution in [0.5, 0.6) is 0 Å². The Hall–Kier alpha value is -1.97. The van der Waals surface area contributed by atoms with Crippen LogP contribution in [-0.4, -0.2) is 68.2 Å². The highest BCUT2D eigenvalue weighted by Gasteiger charge is 2.33. The van der Waals surface area contributed by atoms with Crippen molar-refractivity contribution in [1.82, 2.24) is 14.5 Å². The minimum Gasteiger partial charge on any atom is -0.369 e. The van der Waals surface area contributed by atoms with Gasteiger partial charge in [-0.2, -0.15) is 4.31 Å². The van der Waals surface area contributed by atoms with Crippen LogP contribution in [0.4, 0.5) is 0 Å². The quantitative estimate of drug-likeness (QED) is 0.684. The van der Waals surface area contributed by atoms with Gasteiger partial charge >= 0.3 is 0 Å². The summed E-state index contributed by atoms with van der Waals surface area (Å²) in [6.07, 6.45) is 2.63. The number of benzene rings is 1. The fourth-order valence-corrected chi connectivity index (χ4v) is 5.71. The Balaban J connectivity index is 1.49. The van der Waals surface area contributed by atoms with Crippen LogP contribution in [0.3, 0.4) is 0 Å². The number of nitrogens with one attached hydrogen (secondary N) is 1. The van der Waals surface area contributed by atoms with Crippen molar-refractivity contribution in [2.75, 3.05) is 32.7 Å². The summed E-state index contributed by atoms with van der Waals surface area (Å²) in [6.45, 7) is 6.30. The number of amides is 2. The van der Waals surface area contributed by atoms with Gasteiger partial charge in [0.25, 0.3) is 0 Å². The molecule has 3 rings (SSSR count). The number of likely N-dealkylation sites (tertiary alicyclic amines) is 1. The van der Waals surface area contributed by atoms with Crippen LogP contribution in [0.1, 0.15) is 36.8 Å². The molecule has 3 N–H and O–H groups in total. The maximum Gasteiger partial charge on any atom is 0.243 e. The maximum atomic E-state index is 12.9. The number of carbonyl (C=O) groups is 2. The first kappa shape index (κ1) is 22.7. The molecule has 2 aliphatic heterocycles. The average molecular weight is 437 g/mol. The lowest BCUT2D eigenvalue weighted by molar-refractivity contribution is -0.127. The van der Waals surface area contributed by atoms with E-state index in [4.69, 9.17) is 5.73 Å². The molecule has 0 aromatic heterocycles. The summed E-state index contributed by atoms with van der Waals surface area (Å²) in [5.41, 5.74) is 7.24. The lowest BCUT2D eigenvalue weighted by Crippen LogP contribution is -2.49. The lowest BCUT2D eigenvalue weighted by atomic mass is 9.96. The molecule has 2 aliphatic rings. The van der Waals surface area contributed by atoms with Gasteiger partial charge in [-0.3, -0.25) is 14.5 Å². The van der Waals surface area contributed by atoms with Crippen molar-refractivity contribution in [3.05, 3.63) is 29.3 Å². The second-order valence-corrected chi connectivity index (χ2v) is 10.4. The molecule has 2 fully saturated rings. The van der Waals surface area contributed by atoms with E-state index in [0.717, 1.165) is 37.1 Å². The van der Waals surface area contributed by atoms with E-state index in [9.17, 15) is 18.0 Å². The van der Waals surface area contributed by atoms with Crippen molar-refractivity contribution in [3.8, 4) is 0 Å². The first-order chi connectivity index (χ1) is 14.2. The molecule has 9 heteroatoms. The minimum atomic E-state index is -3.54. The SMILES string of the molecule is Cc1ccc(S(=O)(=O)N2CCC(C(=O)NC3CCN(CC(N)=O)CC3)CC2)cc1C. The zero-order valence-electron chi connectivity index (χ0n) is 17.8. The summed E-state index contributed by atoms with van der Waals surface area (Å²) in [6, 6.07) is 5.30. The summed E-state index contributed by atoms with van der Waals surface area (Å²) in [4.78, 5) is 26.0. The first-order valence-electron chi connectivity index (χ1n) is 10.6. The summed E-state index contributed by atoms with van der Waals surface area (Å²) in [5.74, 6) is -0.494. The van der Waals surface area contributed by atoms with E-state index in [1.807, 2.05) is 24.8 Å². The van der Waals surface area contributed by atoms with Crippen molar-refractivity contribution in [3.63, 3.8) is 0 Å². The van der Waals surface area contributed by atoms with E-state index in [1.54, 1.807) is 12.1 Å². The highest BCUT2D eigenvalue weighted by atomic mass is 32.2. The number of aryl methyl sites for hydroxylation is 2. The normalized spacial score (nSPS) is 20.2. The summed E-state index contributed by atoms with van der Waals surface area (Å²) < 4.78 is 27.4. The van der Waals surface area contributed by atoms with E-state index in [0.29, 0.717) is 30.8 Å². The molecular weight excluding hydrogens is 404 g/mol. The molecule has 0 saturated carbocycles. The predicted octanol–water partition coefficient (Wildman–Crippen LogP) is 0.770. The topological polar surface area (TPSA) is 113 Å². The van der Waals surface area contributed by atoms with Gasteiger partial charge in [-0.05, 0) is 62.8 Å². The van der Waals surface area contributed by atoms with Crippen LogP contribution in [0, 0.1) is 19.8 Å². The number of hydrogen-bond acceptors (Lipinski definition) is 5. The van der Waals surface area contributed by atoms with Crippen LogP contribution >= 0.6 is 0 Å². The zero-order valence-corrected chi connectivity index (χ0v) is 18.6. The van der Waals surface area contributed by atoms with Crippen molar-refractivity contribution in [2.45, 2.75) is 50.5 Å². The van der Waals surface area contributed by atoms with Crippen LogP contribution in [-0.2, 0) is 19.6 Å². The average Bonchev–Trinajstić information content (AvgIpc) is 2.71. The Morgan fingerprint density at radius 1 is 1.03 bits per heavy atom. The molecule has 166 valence electrons. The molecule has 1 aromatic carbocycles. The smallest absolute Gasteiger partial charge is 0.243 e. The van der Waals surface area contributed by atoms with E-state index in [2.05, 4.69) is 5.32 Å². The number of sulfonamides is 1. The second-order valence-electron chi connectivity index (χ2n) is 8.45. The van der Waals surface area contributed by atoms with Crippen molar-refractivity contribution in [2.24, 2.45) is 11.7 Å². The Labute approximate surface area is 178 Å². The molecule has 30 heavy (non-hydrogen) atoms. The number of primary amides is 1. The standard InChI is InChI=1S/C21H32N4O4S/c1-15-3-4-19(13-16(15)2)30(28,29)25-11-5-17(6-12-25)21(27)23-18-7-9-24(10-8-18)14-20(22)26/h3-4,13,17-18H,5-12,14H2,1-2H3,(H2,22,26)(H,23,27). The molecule has 1 aromatic rings. The molecule has 2 heterocycles. The van der Waals surface area contributed by atoms with Gasteiger partial charge in [-0.25, -0.2) is 8.42 Å². The Morgan fingerprint density at radius 3 is 2.23 bits per heavy atom. The van der Waals surface area contributed by atoms with Crippen LogP contribution in [0.2, 0.25) is 0 Å². The highest BCUT2D eigenvalue weighted by Crippen LogP contribution is 2.25. The van der Waals surface area contributed by atoms with Gasteiger partial charge in [0.15, 0.2) is 0 Å². The van der Waals surface area contributed by atoms with E-state index in [1.165, 1.54) is 4.31 Å². The van der Waals surface area contributed by atoms with E-state index in [-0.39, 0.29) is 30.3 Å². The van der Waals surface area contributed by atoms with Crippen LogP contribution < -0.4 is 11.1 Å². The number of hydrogen-bond donors (Lipinski definition) is 2. The number of rotatable bonds is 6. The zero-order chi connectivity index (χ0) is 21.9.